The number of halogens is 4. The number of hydrogen-bond acceptors (Lipinski definition) is 8. The second kappa shape index (κ2) is 10.3. The zero-order valence-corrected chi connectivity index (χ0v) is 23.2. The number of methoxy groups -OCH3 is 2. The summed E-state index contributed by atoms with van der Waals surface area (Å²) in [6, 6.07) is 3.00. The summed E-state index contributed by atoms with van der Waals surface area (Å²) in [4.78, 5) is 21.8. The summed E-state index contributed by atoms with van der Waals surface area (Å²) in [6.07, 6.45) is 1.46. The van der Waals surface area contributed by atoms with Crippen molar-refractivity contribution in [2.24, 2.45) is 7.05 Å². The van der Waals surface area contributed by atoms with E-state index in [0.29, 0.717) is 39.6 Å². The van der Waals surface area contributed by atoms with Crippen molar-refractivity contribution in [3.8, 4) is 34.4 Å². The molecule has 1 saturated carbocycles. The van der Waals surface area contributed by atoms with E-state index in [4.69, 9.17) is 14.5 Å². The molecule has 0 spiro atoms. The first-order chi connectivity index (χ1) is 20.1. The summed E-state index contributed by atoms with van der Waals surface area (Å²) >= 11 is 0. The Labute approximate surface area is 237 Å². The van der Waals surface area contributed by atoms with Gasteiger partial charge in [-0.2, -0.15) is 18.3 Å². The topological polar surface area (TPSA) is 106 Å². The average molecular weight is 583 g/mol. The van der Waals surface area contributed by atoms with E-state index in [-0.39, 0.29) is 36.0 Å². The van der Waals surface area contributed by atoms with E-state index in [1.165, 1.54) is 31.2 Å². The minimum Gasteiger partial charge on any atom is -0.493 e. The Morgan fingerprint density at radius 2 is 1.83 bits per heavy atom. The molecule has 1 aliphatic carbocycles. The first-order valence-corrected chi connectivity index (χ1v) is 13.2. The lowest BCUT2D eigenvalue weighted by atomic mass is 10.0. The van der Waals surface area contributed by atoms with Crippen LogP contribution in [0.3, 0.4) is 0 Å². The number of aryl methyl sites for hydroxylation is 2. The maximum absolute atomic E-state index is 15.8. The number of rotatable bonds is 8. The van der Waals surface area contributed by atoms with Gasteiger partial charge >= 0.3 is 6.18 Å². The van der Waals surface area contributed by atoms with Gasteiger partial charge in [0.1, 0.15) is 28.7 Å². The Bertz CT molecular complexity index is 1810. The van der Waals surface area contributed by atoms with Crippen LogP contribution < -0.4 is 9.47 Å². The molecular weight excluding hydrogens is 556 g/mol. The molecular formula is C28H26F4N8O2. The fourth-order valence-corrected chi connectivity index (χ4v) is 5.08. The lowest BCUT2D eigenvalue weighted by Crippen LogP contribution is -2.05. The van der Waals surface area contributed by atoms with Crippen molar-refractivity contribution >= 4 is 11.0 Å². The largest absolute Gasteiger partial charge is 0.493 e. The van der Waals surface area contributed by atoms with Crippen LogP contribution in [0.15, 0.2) is 30.9 Å². The molecule has 218 valence electrons. The number of benzene rings is 1. The third-order valence-corrected chi connectivity index (χ3v) is 7.27. The van der Waals surface area contributed by atoms with Crippen LogP contribution in [0.4, 0.5) is 17.6 Å². The number of nitrogens with zero attached hydrogens (tertiary/aromatic N) is 8. The van der Waals surface area contributed by atoms with Gasteiger partial charge in [-0.05, 0) is 25.8 Å². The zero-order chi connectivity index (χ0) is 29.8. The predicted octanol–water partition coefficient (Wildman–Crippen LogP) is 5.35. The molecule has 0 N–H and O–H groups in total. The highest BCUT2D eigenvalue weighted by molar-refractivity contribution is 5.80. The van der Waals surface area contributed by atoms with E-state index in [9.17, 15) is 13.2 Å². The van der Waals surface area contributed by atoms with Crippen LogP contribution in [-0.2, 0) is 26.2 Å². The monoisotopic (exact) mass is 582 g/mol. The normalized spacial score (nSPS) is 13.6. The van der Waals surface area contributed by atoms with Gasteiger partial charge in [-0.15, -0.1) is 0 Å². The van der Waals surface area contributed by atoms with Crippen molar-refractivity contribution in [1.82, 2.24) is 39.3 Å². The molecule has 4 heterocycles. The molecule has 4 aromatic heterocycles. The molecule has 0 bridgehead atoms. The molecule has 1 aromatic carbocycles. The number of fused-ring (bicyclic) bond motifs is 1. The van der Waals surface area contributed by atoms with Gasteiger partial charge in [-0.25, -0.2) is 29.3 Å². The minimum absolute atomic E-state index is 0.104. The molecule has 0 unspecified atom stereocenters. The van der Waals surface area contributed by atoms with E-state index in [1.807, 2.05) is 0 Å². The summed E-state index contributed by atoms with van der Waals surface area (Å²) < 4.78 is 69.6. The third-order valence-electron chi connectivity index (χ3n) is 7.27. The van der Waals surface area contributed by atoms with Crippen LogP contribution in [0, 0.1) is 5.82 Å². The Kier molecular flexibility index (Phi) is 6.78. The molecule has 5 aromatic rings. The summed E-state index contributed by atoms with van der Waals surface area (Å²) in [6.45, 7) is 1.82. The van der Waals surface area contributed by atoms with E-state index >= 15 is 4.39 Å². The zero-order valence-electron chi connectivity index (χ0n) is 23.2. The molecule has 0 radical (unpaired) electrons. The summed E-state index contributed by atoms with van der Waals surface area (Å²) in [5.41, 5.74) is 2.40. The van der Waals surface area contributed by atoms with Gasteiger partial charge in [-0.3, -0.25) is 4.68 Å². The maximum Gasteiger partial charge on any atom is 0.434 e. The van der Waals surface area contributed by atoms with Gasteiger partial charge in [0.2, 0.25) is 5.88 Å². The smallest absolute Gasteiger partial charge is 0.434 e. The molecule has 1 aliphatic rings. The predicted molar refractivity (Wildman–Crippen MR) is 144 cm³/mol. The van der Waals surface area contributed by atoms with E-state index < -0.39 is 17.7 Å². The molecule has 1 fully saturated rings. The van der Waals surface area contributed by atoms with Gasteiger partial charge < -0.3 is 14.0 Å². The van der Waals surface area contributed by atoms with Crippen LogP contribution >= 0.6 is 0 Å². The summed E-state index contributed by atoms with van der Waals surface area (Å²) in [7, 11) is 4.58. The number of alkyl halides is 3. The number of imidazole rings is 1. The molecule has 0 atom stereocenters. The molecule has 10 nitrogen and oxygen atoms in total. The van der Waals surface area contributed by atoms with Crippen molar-refractivity contribution in [1.29, 1.82) is 0 Å². The highest BCUT2D eigenvalue weighted by atomic mass is 19.4. The van der Waals surface area contributed by atoms with E-state index in [0.717, 1.165) is 24.7 Å². The number of hydrogen-bond donors (Lipinski definition) is 0. The van der Waals surface area contributed by atoms with E-state index in [2.05, 4.69) is 25.0 Å². The average Bonchev–Trinajstić information content (AvgIpc) is 3.65. The Balaban J connectivity index is 1.42. The van der Waals surface area contributed by atoms with Crippen molar-refractivity contribution in [3.63, 3.8) is 0 Å². The molecule has 42 heavy (non-hydrogen) atoms. The third kappa shape index (κ3) is 4.69. The molecule has 0 saturated heterocycles. The van der Waals surface area contributed by atoms with Crippen LogP contribution in [-0.4, -0.2) is 53.5 Å². The van der Waals surface area contributed by atoms with Crippen molar-refractivity contribution in [2.45, 2.75) is 44.8 Å². The van der Waals surface area contributed by atoms with Crippen LogP contribution in [0.1, 0.15) is 48.3 Å². The van der Waals surface area contributed by atoms with Gasteiger partial charge in [-0.1, -0.05) is 6.07 Å². The van der Waals surface area contributed by atoms with E-state index in [1.54, 1.807) is 30.9 Å². The maximum atomic E-state index is 15.8. The second-order valence-electron chi connectivity index (χ2n) is 9.94. The number of aromatic nitrogens is 8. The van der Waals surface area contributed by atoms with Crippen LogP contribution in [0.25, 0.3) is 33.8 Å². The van der Waals surface area contributed by atoms with Crippen molar-refractivity contribution < 1.29 is 27.0 Å². The van der Waals surface area contributed by atoms with Crippen LogP contribution in [0.5, 0.6) is 11.6 Å². The lowest BCUT2D eigenvalue weighted by molar-refractivity contribution is -0.140. The van der Waals surface area contributed by atoms with Gasteiger partial charge in [0, 0.05) is 37.7 Å². The highest BCUT2D eigenvalue weighted by Gasteiger charge is 2.36. The molecule has 0 aliphatic heterocycles. The first kappa shape index (κ1) is 27.5. The molecule has 0 amide bonds. The summed E-state index contributed by atoms with van der Waals surface area (Å²) in [5, 5.41) is 4.61. The molecule has 14 heteroatoms. The number of ether oxygens (including phenoxy) is 2. The fraction of sp³-hybridized carbons (Fsp3) is 0.357. The van der Waals surface area contributed by atoms with Crippen molar-refractivity contribution in [3.05, 3.63) is 59.3 Å². The summed E-state index contributed by atoms with van der Waals surface area (Å²) in [5.74, 6) is -0.0375. The SMILES string of the molecule is CCn1cc(C(F)(F)F)nc1-c1ccc(Cc2nn(C)c3cnc(-c4c(OC)ncnc4C4CC4)nc23)c(OC)c1F. The standard InChI is InChI=1S/C28H26F4N8O2/c1-5-40-12-19(28(30,31)32)36-26(40)16-9-8-15(24(41-3)21(16)29)10-17-23-18(39(2)38-17)11-33-25(37-23)20-22(14-6-7-14)34-13-35-27(20)42-4/h8-9,11-14H,5-7,10H2,1-4H3. The fourth-order valence-electron chi connectivity index (χ4n) is 5.08. The van der Waals surface area contributed by atoms with Gasteiger partial charge in [0.15, 0.2) is 23.1 Å². The Morgan fingerprint density at radius 1 is 1.05 bits per heavy atom. The highest BCUT2D eigenvalue weighted by Crippen LogP contribution is 2.45. The van der Waals surface area contributed by atoms with Crippen LogP contribution in [0.2, 0.25) is 0 Å². The Hall–Kier alpha value is -4.62. The minimum atomic E-state index is -4.66. The first-order valence-electron chi connectivity index (χ1n) is 13.2. The quantitative estimate of drug-likeness (QED) is 0.226. The van der Waals surface area contributed by atoms with Crippen molar-refractivity contribution in [2.75, 3.05) is 14.2 Å². The molecule has 6 rings (SSSR count). The Morgan fingerprint density at radius 3 is 2.50 bits per heavy atom. The van der Waals surface area contributed by atoms with Gasteiger partial charge in [0.25, 0.3) is 0 Å². The second-order valence-corrected chi connectivity index (χ2v) is 9.94. The van der Waals surface area contributed by atoms with Gasteiger partial charge in [0.05, 0.1) is 37.4 Å². The lowest BCUT2D eigenvalue weighted by Gasteiger charge is -2.13.